The number of benzene rings is 1. The number of ether oxygens (including phenoxy) is 3. The van der Waals surface area contributed by atoms with Crippen molar-refractivity contribution < 1.29 is 53.8 Å². The van der Waals surface area contributed by atoms with Gasteiger partial charge in [-0.05, 0) is 51.4 Å². The van der Waals surface area contributed by atoms with Crippen molar-refractivity contribution in [2.45, 2.75) is 87.4 Å². The van der Waals surface area contributed by atoms with E-state index < -0.39 is 66.1 Å². The number of carbonyl (C=O) groups is 4. The molecule has 1 aromatic carbocycles. The fourth-order valence-corrected chi connectivity index (χ4v) is 7.02. The highest BCUT2D eigenvalue weighted by Crippen LogP contribution is 2.64. The second-order valence-corrected chi connectivity index (χ2v) is 11.4. The van der Waals surface area contributed by atoms with Gasteiger partial charge in [-0.2, -0.15) is 0 Å². The predicted molar refractivity (Wildman–Crippen MR) is 143 cm³/mol. The van der Waals surface area contributed by atoms with Crippen LogP contribution in [0.2, 0.25) is 0 Å². The summed E-state index contributed by atoms with van der Waals surface area (Å²) in [6, 6.07) is 2.21. The molecule has 0 aromatic heterocycles. The number of carboxylic acid groups (broad SMARTS) is 1. The Morgan fingerprint density at radius 1 is 1.19 bits per heavy atom. The van der Waals surface area contributed by atoms with Crippen LogP contribution in [0.3, 0.4) is 0 Å². The van der Waals surface area contributed by atoms with E-state index in [1.807, 2.05) is 13.1 Å². The maximum Gasteiger partial charge on any atom is 0.352 e. The Morgan fingerprint density at radius 3 is 2.64 bits per heavy atom. The molecule has 6 atom stereocenters. The standard InChI is InChI=1S/C29H36N2O11/c1-15(40-27(38)18(5-6-22(35)36)30-21(34)8-12-32)26(37)41-19-7-9-29(39)20-13-16-3-4-17(14-33)24-23(16)28(29,25(19)42-24)10-11-31(20)2/h3-4,7,15,18,20,25,32-33,39H,5-6,8-14H2,1-2H3,(H,30,34)(H,35,36)/t15-,18-,20+,25?,28?,29+/m0/s1. The van der Waals surface area contributed by atoms with Crippen LogP contribution in [0.1, 0.15) is 55.7 Å². The van der Waals surface area contributed by atoms with Gasteiger partial charge in [-0.15, -0.1) is 0 Å². The number of aliphatic hydroxyl groups excluding tert-OH is 2. The SMILES string of the molecule is C[C@H](OC(=O)[C@H](CCC(=O)O)NC(=O)CCO)C(=O)OC1=CC[C@@]2(O)[C@H]3Cc4ccc(CO)c5c4C2(CCN3C)C1O5. The second-order valence-electron chi connectivity index (χ2n) is 11.4. The van der Waals surface area contributed by atoms with Gasteiger partial charge in [0.15, 0.2) is 12.2 Å². The molecule has 2 unspecified atom stereocenters. The van der Waals surface area contributed by atoms with Crippen molar-refractivity contribution in [3.63, 3.8) is 0 Å². The summed E-state index contributed by atoms with van der Waals surface area (Å²) in [5, 5.41) is 42.6. The summed E-state index contributed by atoms with van der Waals surface area (Å²) >= 11 is 0. The smallest absolute Gasteiger partial charge is 0.352 e. The van der Waals surface area contributed by atoms with Crippen molar-refractivity contribution in [3.8, 4) is 5.75 Å². The number of nitrogens with zero attached hydrogens (tertiary/aromatic N) is 1. The van der Waals surface area contributed by atoms with Gasteiger partial charge in [0, 0.05) is 36.4 Å². The molecule has 1 saturated heterocycles. The van der Waals surface area contributed by atoms with Gasteiger partial charge in [0.25, 0.3) is 0 Å². The Hall–Kier alpha value is -3.52. The number of aliphatic carboxylic acids is 1. The van der Waals surface area contributed by atoms with Crippen molar-refractivity contribution in [2.24, 2.45) is 0 Å². The van der Waals surface area contributed by atoms with Gasteiger partial charge < -0.3 is 44.9 Å². The normalized spacial score (nSPS) is 28.5. The quantitative estimate of drug-likeness (QED) is 0.212. The van der Waals surface area contributed by atoms with E-state index in [0.29, 0.717) is 30.7 Å². The summed E-state index contributed by atoms with van der Waals surface area (Å²) in [4.78, 5) is 51.1. The average Bonchev–Trinajstić information content (AvgIpc) is 3.30. The van der Waals surface area contributed by atoms with Crippen LogP contribution in [0.25, 0.3) is 0 Å². The Labute approximate surface area is 242 Å². The molecule has 228 valence electrons. The van der Waals surface area contributed by atoms with Crippen molar-refractivity contribution in [1.82, 2.24) is 10.2 Å². The number of nitrogens with one attached hydrogen (secondary N) is 1. The minimum atomic E-state index is -1.43. The first-order valence-electron chi connectivity index (χ1n) is 14.1. The second kappa shape index (κ2) is 11.3. The molecule has 4 aliphatic rings. The number of amides is 1. The molecular formula is C29H36N2O11. The molecule has 2 aliphatic carbocycles. The lowest BCUT2D eigenvalue weighted by atomic mass is 9.50. The number of carboxylic acids is 1. The number of hydrogen-bond donors (Lipinski definition) is 5. The van der Waals surface area contributed by atoms with E-state index in [9.17, 15) is 29.4 Å². The van der Waals surface area contributed by atoms with E-state index >= 15 is 0 Å². The predicted octanol–water partition coefficient (Wildman–Crippen LogP) is -0.336. The lowest BCUT2D eigenvalue weighted by Gasteiger charge is -2.61. The van der Waals surface area contributed by atoms with Crippen molar-refractivity contribution in [3.05, 3.63) is 40.7 Å². The number of likely N-dealkylation sites (tertiary alicyclic amines) is 1. The first-order valence-corrected chi connectivity index (χ1v) is 14.1. The summed E-state index contributed by atoms with van der Waals surface area (Å²) in [6.07, 6.45) is -0.360. The molecule has 0 radical (unpaired) electrons. The average molecular weight is 589 g/mol. The number of aliphatic hydroxyl groups is 3. The third-order valence-electron chi connectivity index (χ3n) is 9.07. The Morgan fingerprint density at radius 2 is 1.95 bits per heavy atom. The van der Waals surface area contributed by atoms with Crippen LogP contribution in [0, 0.1) is 0 Å². The summed E-state index contributed by atoms with van der Waals surface area (Å²) in [6.45, 7) is 1.23. The van der Waals surface area contributed by atoms with Crippen LogP contribution in [0.15, 0.2) is 24.0 Å². The largest absolute Gasteiger partial charge is 0.481 e. The lowest BCUT2D eigenvalue weighted by Crippen LogP contribution is -2.74. The molecule has 5 rings (SSSR count). The van der Waals surface area contributed by atoms with Crippen LogP contribution in [-0.4, -0.2) is 99.2 Å². The Bertz CT molecular complexity index is 1330. The number of likely N-dealkylation sites (N-methyl/N-ethyl adjacent to an activating group) is 1. The van der Waals surface area contributed by atoms with E-state index in [2.05, 4.69) is 10.2 Å². The van der Waals surface area contributed by atoms with Gasteiger partial charge in [-0.25, -0.2) is 9.59 Å². The number of esters is 2. The maximum atomic E-state index is 13.2. The molecular weight excluding hydrogens is 552 g/mol. The van der Waals surface area contributed by atoms with Crippen LogP contribution < -0.4 is 10.1 Å². The highest BCUT2D eigenvalue weighted by molar-refractivity contribution is 5.87. The molecule has 13 heteroatoms. The van der Waals surface area contributed by atoms with E-state index in [1.165, 1.54) is 6.92 Å². The summed E-state index contributed by atoms with van der Waals surface area (Å²) < 4.78 is 17.4. The van der Waals surface area contributed by atoms with E-state index in [1.54, 1.807) is 12.1 Å². The molecule has 1 spiro atoms. The zero-order valence-electron chi connectivity index (χ0n) is 23.5. The highest BCUT2D eigenvalue weighted by atomic mass is 16.6. The Balaban J connectivity index is 1.37. The summed E-state index contributed by atoms with van der Waals surface area (Å²) in [7, 11) is 1.97. The van der Waals surface area contributed by atoms with E-state index in [0.717, 1.165) is 11.1 Å². The third kappa shape index (κ3) is 4.74. The van der Waals surface area contributed by atoms with Gasteiger partial charge >= 0.3 is 17.9 Å². The van der Waals surface area contributed by atoms with E-state index in [-0.39, 0.29) is 37.7 Å². The summed E-state index contributed by atoms with van der Waals surface area (Å²) in [5.41, 5.74) is 0.292. The first kappa shape index (κ1) is 30.0. The molecule has 42 heavy (non-hydrogen) atoms. The fraction of sp³-hybridized carbons (Fsp3) is 0.586. The monoisotopic (exact) mass is 588 g/mol. The molecule has 2 aliphatic heterocycles. The van der Waals surface area contributed by atoms with Gasteiger partial charge in [-0.3, -0.25) is 9.59 Å². The molecule has 2 bridgehead atoms. The highest BCUT2D eigenvalue weighted by Gasteiger charge is 2.71. The Kier molecular flexibility index (Phi) is 8.05. The molecule has 13 nitrogen and oxygen atoms in total. The van der Waals surface area contributed by atoms with Gasteiger partial charge in [0.2, 0.25) is 5.91 Å². The van der Waals surface area contributed by atoms with Crippen molar-refractivity contribution in [1.29, 1.82) is 0 Å². The van der Waals surface area contributed by atoms with Crippen molar-refractivity contribution >= 4 is 23.8 Å². The van der Waals surface area contributed by atoms with Crippen molar-refractivity contribution in [2.75, 3.05) is 20.2 Å². The molecule has 5 N–H and O–H groups in total. The lowest BCUT2D eigenvalue weighted by molar-refractivity contribution is -0.176. The van der Waals surface area contributed by atoms with Crippen LogP contribution >= 0.6 is 0 Å². The first-order chi connectivity index (χ1) is 20.0. The minimum Gasteiger partial charge on any atom is -0.481 e. The zero-order valence-corrected chi connectivity index (χ0v) is 23.5. The fourth-order valence-electron chi connectivity index (χ4n) is 7.02. The molecule has 1 aromatic rings. The molecule has 1 fully saturated rings. The van der Waals surface area contributed by atoms with Crippen LogP contribution in [0.4, 0.5) is 0 Å². The molecule has 2 heterocycles. The van der Waals surface area contributed by atoms with E-state index in [4.69, 9.17) is 24.4 Å². The zero-order chi connectivity index (χ0) is 30.4. The minimum absolute atomic E-state index is 0.169. The van der Waals surface area contributed by atoms with Gasteiger partial charge in [0.05, 0.1) is 24.2 Å². The maximum absolute atomic E-state index is 13.2. The summed E-state index contributed by atoms with van der Waals surface area (Å²) in [5.74, 6) is -3.15. The topological polar surface area (TPSA) is 192 Å². The van der Waals surface area contributed by atoms with Crippen LogP contribution in [0.5, 0.6) is 5.75 Å². The molecule has 1 amide bonds. The number of rotatable bonds is 11. The van der Waals surface area contributed by atoms with Gasteiger partial charge in [0.1, 0.15) is 17.6 Å². The third-order valence-corrected chi connectivity index (χ3v) is 9.07. The molecule has 0 saturated carbocycles. The number of hydrogen-bond acceptors (Lipinski definition) is 11. The van der Waals surface area contributed by atoms with Gasteiger partial charge in [-0.1, -0.05) is 12.1 Å². The number of piperidine rings is 1. The van der Waals surface area contributed by atoms with Crippen LogP contribution in [-0.2, 0) is 47.1 Å². The number of carbonyl (C=O) groups excluding carboxylic acids is 3.